The second kappa shape index (κ2) is 6.53. The highest BCUT2D eigenvalue weighted by atomic mass is 15.2. The molecule has 0 bridgehead atoms. The smallest absolute Gasteiger partial charge is 0.0991 e. The van der Waals surface area contributed by atoms with E-state index in [2.05, 4.69) is 23.2 Å². The molecule has 1 aliphatic carbocycles. The topological polar surface area (TPSA) is 39.1 Å². The van der Waals surface area contributed by atoms with Crippen molar-refractivity contribution in [3.05, 3.63) is 35.4 Å². The summed E-state index contributed by atoms with van der Waals surface area (Å²) in [6.45, 7) is 6.44. The molecule has 0 unspecified atom stereocenters. The van der Waals surface area contributed by atoms with E-state index in [1.54, 1.807) is 0 Å². The molecule has 1 aromatic carbocycles. The Hall–Kier alpha value is -1.37. The monoisotopic (exact) mass is 243 g/mol. The Labute approximate surface area is 109 Å². The number of nitrogens with one attached hydrogen (secondary N) is 1. The number of nitriles is 1. The average molecular weight is 243 g/mol. The van der Waals surface area contributed by atoms with Crippen molar-refractivity contribution < 1.29 is 0 Å². The molecule has 2 rings (SSSR count). The Morgan fingerprint density at radius 1 is 1.33 bits per heavy atom. The van der Waals surface area contributed by atoms with Crippen molar-refractivity contribution in [3.63, 3.8) is 0 Å². The summed E-state index contributed by atoms with van der Waals surface area (Å²) in [6, 6.07) is 10.8. The van der Waals surface area contributed by atoms with Gasteiger partial charge < -0.3 is 5.32 Å². The first kappa shape index (κ1) is 13.1. The van der Waals surface area contributed by atoms with E-state index in [-0.39, 0.29) is 0 Å². The summed E-state index contributed by atoms with van der Waals surface area (Å²) >= 11 is 0. The molecule has 1 aliphatic rings. The van der Waals surface area contributed by atoms with Crippen LogP contribution in [0.25, 0.3) is 0 Å². The van der Waals surface area contributed by atoms with Crippen LogP contribution in [0.5, 0.6) is 0 Å². The first-order valence-corrected chi connectivity index (χ1v) is 6.77. The fraction of sp³-hybridized carbons (Fsp3) is 0.533. The number of hydrogen-bond acceptors (Lipinski definition) is 3. The molecule has 1 aromatic rings. The molecule has 0 aromatic heterocycles. The van der Waals surface area contributed by atoms with Crippen LogP contribution < -0.4 is 5.32 Å². The molecular formula is C15H21N3. The molecule has 0 spiro atoms. The largest absolute Gasteiger partial charge is 0.311 e. The van der Waals surface area contributed by atoms with Gasteiger partial charge in [0.15, 0.2) is 0 Å². The van der Waals surface area contributed by atoms with E-state index in [0.29, 0.717) is 0 Å². The third kappa shape index (κ3) is 3.83. The number of hydrogen-bond donors (Lipinski definition) is 1. The van der Waals surface area contributed by atoms with Crippen LogP contribution in [0.3, 0.4) is 0 Å². The number of likely N-dealkylation sites (N-methyl/N-ethyl adjacent to an activating group) is 1. The number of benzene rings is 1. The van der Waals surface area contributed by atoms with E-state index >= 15 is 0 Å². The summed E-state index contributed by atoms with van der Waals surface area (Å²) in [5.74, 6) is 0. The van der Waals surface area contributed by atoms with Crippen molar-refractivity contribution in [1.29, 1.82) is 5.26 Å². The van der Waals surface area contributed by atoms with Crippen molar-refractivity contribution in [3.8, 4) is 6.07 Å². The van der Waals surface area contributed by atoms with Gasteiger partial charge in [-0.15, -0.1) is 0 Å². The maximum Gasteiger partial charge on any atom is 0.0991 e. The first-order valence-electron chi connectivity index (χ1n) is 6.77. The van der Waals surface area contributed by atoms with Gasteiger partial charge in [0.1, 0.15) is 0 Å². The average Bonchev–Trinajstić information content (AvgIpc) is 3.24. The molecular weight excluding hydrogens is 222 g/mol. The summed E-state index contributed by atoms with van der Waals surface area (Å²) in [4.78, 5) is 2.55. The van der Waals surface area contributed by atoms with Crippen LogP contribution in [-0.4, -0.2) is 30.6 Å². The second-order valence-electron chi connectivity index (χ2n) is 4.85. The van der Waals surface area contributed by atoms with Gasteiger partial charge in [-0.2, -0.15) is 5.26 Å². The fourth-order valence-electron chi connectivity index (χ4n) is 2.19. The normalized spacial score (nSPS) is 14.7. The van der Waals surface area contributed by atoms with E-state index in [1.165, 1.54) is 18.4 Å². The van der Waals surface area contributed by atoms with Crippen molar-refractivity contribution in [2.45, 2.75) is 32.4 Å². The number of nitrogens with zero attached hydrogens (tertiary/aromatic N) is 2. The van der Waals surface area contributed by atoms with Gasteiger partial charge in [-0.1, -0.05) is 19.1 Å². The summed E-state index contributed by atoms with van der Waals surface area (Å²) in [7, 11) is 0. The lowest BCUT2D eigenvalue weighted by atomic mass is 10.1. The van der Waals surface area contributed by atoms with Crippen LogP contribution in [0.1, 0.15) is 30.9 Å². The van der Waals surface area contributed by atoms with Crippen molar-refractivity contribution in [2.75, 3.05) is 19.6 Å². The highest BCUT2D eigenvalue weighted by Crippen LogP contribution is 2.25. The summed E-state index contributed by atoms with van der Waals surface area (Å²) in [5.41, 5.74) is 1.97. The summed E-state index contributed by atoms with van der Waals surface area (Å²) < 4.78 is 0. The quantitative estimate of drug-likeness (QED) is 0.746. The van der Waals surface area contributed by atoms with Crippen molar-refractivity contribution in [2.24, 2.45) is 0 Å². The van der Waals surface area contributed by atoms with Gasteiger partial charge in [0, 0.05) is 25.7 Å². The van der Waals surface area contributed by atoms with Crippen LogP contribution in [-0.2, 0) is 6.54 Å². The Morgan fingerprint density at radius 2 is 2.06 bits per heavy atom. The molecule has 3 heteroatoms. The van der Waals surface area contributed by atoms with E-state index in [1.807, 2.05) is 24.3 Å². The van der Waals surface area contributed by atoms with Gasteiger partial charge in [0.2, 0.25) is 0 Å². The minimum absolute atomic E-state index is 0.727. The zero-order valence-electron chi connectivity index (χ0n) is 11.0. The van der Waals surface area contributed by atoms with E-state index in [0.717, 1.165) is 37.8 Å². The molecule has 96 valence electrons. The molecule has 3 nitrogen and oxygen atoms in total. The van der Waals surface area contributed by atoms with Gasteiger partial charge in [-0.25, -0.2) is 0 Å². The maximum atomic E-state index is 8.72. The lowest BCUT2D eigenvalue weighted by Gasteiger charge is -2.19. The van der Waals surface area contributed by atoms with Gasteiger partial charge in [0.05, 0.1) is 11.6 Å². The number of rotatable bonds is 7. The zero-order valence-corrected chi connectivity index (χ0v) is 11.0. The van der Waals surface area contributed by atoms with E-state index in [4.69, 9.17) is 5.26 Å². The lowest BCUT2D eigenvalue weighted by Crippen LogP contribution is -2.33. The third-order valence-electron chi connectivity index (χ3n) is 3.46. The molecule has 0 aliphatic heterocycles. The Morgan fingerprint density at radius 3 is 2.61 bits per heavy atom. The van der Waals surface area contributed by atoms with Gasteiger partial charge >= 0.3 is 0 Å². The van der Waals surface area contributed by atoms with Crippen molar-refractivity contribution in [1.82, 2.24) is 10.2 Å². The minimum atomic E-state index is 0.727. The zero-order chi connectivity index (χ0) is 12.8. The molecule has 0 heterocycles. The first-order chi connectivity index (χ1) is 8.83. The van der Waals surface area contributed by atoms with Crippen LogP contribution in [0.4, 0.5) is 0 Å². The van der Waals surface area contributed by atoms with E-state index < -0.39 is 0 Å². The molecule has 1 saturated carbocycles. The Kier molecular flexibility index (Phi) is 4.74. The highest BCUT2D eigenvalue weighted by molar-refractivity contribution is 5.31. The van der Waals surface area contributed by atoms with Gasteiger partial charge in [-0.3, -0.25) is 4.90 Å². The molecule has 1 fully saturated rings. The molecule has 0 radical (unpaired) electrons. The van der Waals surface area contributed by atoms with Crippen LogP contribution in [0.15, 0.2) is 24.3 Å². The Bertz CT molecular complexity index is 401. The Balaban J connectivity index is 1.66. The molecule has 18 heavy (non-hydrogen) atoms. The minimum Gasteiger partial charge on any atom is -0.311 e. The molecule has 0 saturated heterocycles. The summed E-state index contributed by atoms with van der Waals surface area (Å²) in [6.07, 6.45) is 2.76. The van der Waals surface area contributed by atoms with E-state index in [9.17, 15) is 0 Å². The standard InChI is InChI=1S/C15H21N3/c1-2-18(15-7-8-15)10-9-17-12-14-5-3-13(11-16)4-6-14/h3-6,15,17H,2,7-10,12H2,1H3. The lowest BCUT2D eigenvalue weighted by molar-refractivity contribution is 0.277. The molecule has 0 atom stereocenters. The van der Waals surface area contributed by atoms with Crippen LogP contribution in [0, 0.1) is 11.3 Å². The second-order valence-corrected chi connectivity index (χ2v) is 4.85. The van der Waals surface area contributed by atoms with Crippen molar-refractivity contribution >= 4 is 0 Å². The van der Waals surface area contributed by atoms with Crippen LogP contribution >= 0.6 is 0 Å². The highest BCUT2D eigenvalue weighted by Gasteiger charge is 2.26. The summed E-state index contributed by atoms with van der Waals surface area (Å²) in [5, 5.41) is 12.2. The third-order valence-corrected chi connectivity index (χ3v) is 3.46. The maximum absolute atomic E-state index is 8.72. The van der Waals surface area contributed by atoms with Gasteiger partial charge in [-0.05, 0) is 37.1 Å². The predicted molar refractivity (Wildman–Crippen MR) is 73.1 cm³/mol. The van der Waals surface area contributed by atoms with Gasteiger partial charge in [0.25, 0.3) is 0 Å². The fourth-order valence-corrected chi connectivity index (χ4v) is 2.19. The molecule has 1 N–H and O–H groups in total. The molecule has 0 amide bonds. The SMILES string of the molecule is CCN(CCNCc1ccc(C#N)cc1)C1CC1. The van der Waals surface area contributed by atoms with Crippen LogP contribution in [0.2, 0.25) is 0 Å². The predicted octanol–water partition coefficient (Wildman–Crippen LogP) is 2.13.